The summed E-state index contributed by atoms with van der Waals surface area (Å²) in [4.78, 5) is 0. The van der Waals surface area contributed by atoms with E-state index in [0.717, 1.165) is 4.70 Å². The number of rotatable bonds is 0. The van der Waals surface area contributed by atoms with Crippen LogP contribution in [-0.4, -0.2) is 10.2 Å². The number of benzene rings is 1. The van der Waals surface area contributed by atoms with Gasteiger partial charge in [0.25, 0.3) is 0 Å². The van der Waals surface area contributed by atoms with E-state index in [1.165, 1.54) is 17.6 Å². The molecule has 0 aliphatic carbocycles. The van der Waals surface area contributed by atoms with Crippen LogP contribution < -0.4 is 0 Å². The molecule has 0 saturated heterocycles. The Morgan fingerprint density at radius 2 is 1.93 bits per heavy atom. The van der Waals surface area contributed by atoms with Crippen LogP contribution in [0.4, 0.5) is 0 Å². The Morgan fingerprint density at radius 1 is 1.07 bits per heavy atom. The minimum absolute atomic E-state index is 0.0688. The Labute approximate surface area is 82.8 Å². The van der Waals surface area contributed by atoms with Gasteiger partial charge in [-0.05, 0) is 12.1 Å². The van der Waals surface area contributed by atoms with Gasteiger partial charge in [-0.3, -0.25) is 0 Å². The Morgan fingerprint density at radius 3 is 2.79 bits per heavy atom. The highest BCUT2D eigenvalue weighted by atomic mass is 32.1. The molecular formula is C10H6O3S. The Balaban J connectivity index is 2.70. The van der Waals surface area contributed by atoms with Crippen LogP contribution in [-0.2, 0) is 0 Å². The summed E-state index contributed by atoms with van der Waals surface area (Å²) < 4.78 is 6.06. The molecule has 0 fully saturated rings. The van der Waals surface area contributed by atoms with Crippen molar-refractivity contribution in [1.82, 2.24) is 0 Å². The monoisotopic (exact) mass is 206 g/mol. The highest BCUT2D eigenvalue weighted by molar-refractivity contribution is 7.17. The van der Waals surface area contributed by atoms with Crippen LogP contribution in [0.1, 0.15) is 0 Å². The van der Waals surface area contributed by atoms with Crippen LogP contribution in [0.25, 0.3) is 21.1 Å². The van der Waals surface area contributed by atoms with Gasteiger partial charge >= 0.3 is 0 Å². The molecule has 0 spiro atoms. The quantitative estimate of drug-likeness (QED) is 0.594. The zero-order valence-electron chi connectivity index (χ0n) is 7.02. The van der Waals surface area contributed by atoms with Gasteiger partial charge in [-0.2, -0.15) is 0 Å². The van der Waals surface area contributed by atoms with Gasteiger partial charge in [-0.1, -0.05) is 0 Å². The molecule has 2 heterocycles. The number of thiophene rings is 1. The highest BCUT2D eigenvalue weighted by Gasteiger charge is 2.13. The van der Waals surface area contributed by atoms with Gasteiger partial charge in [0.05, 0.1) is 5.39 Å². The molecular weight excluding hydrogens is 200 g/mol. The van der Waals surface area contributed by atoms with Crippen molar-refractivity contribution < 1.29 is 14.6 Å². The first kappa shape index (κ1) is 7.70. The molecule has 0 amide bonds. The average Bonchev–Trinajstić information content (AvgIpc) is 2.72. The normalized spacial score (nSPS) is 11.4. The summed E-state index contributed by atoms with van der Waals surface area (Å²) in [6.07, 6.45) is 1.28. The second kappa shape index (κ2) is 2.42. The Kier molecular flexibility index (Phi) is 1.33. The summed E-state index contributed by atoms with van der Waals surface area (Å²) in [5.41, 5.74) is 0.587. The van der Waals surface area contributed by atoms with Crippen molar-refractivity contribution in [2.24, 2.45) is 0 Å². The smallest absolute Gasteiger partial charge is 0.162 e. The molecule has 1 aromatic carbocycles. The summed E-state index contributed by atoms with van der Waals surface area (Å²) >= 11 is 1.44. The Bertz CT molecular complexity index is 565. The number of hydrogen-bond acceptors (Lipinski definition) is 4. The summed E-state index contributed by atoms with van der Waals surface area (Å²) in [7, 11) is 0. The molecule has 3 aromatic rings. The zero-order valence-corrected chi connectivity index (χ0v) is 7.84. The summed E-state index contributed by atoms with van der Waals surface area (Å²) in [5.74, 6) is 0.256. The van der Waals surface area contributed by atoms with E-state index in [0.29, 0.717) is 16.4 Å². The molecule has 3 rings (SSSR count). The van der Waals surface area contributed by atoms with Crippen molar-refractivity contribution in [3.8, 4) is 11.5 Å². The summed E-state index contributed by atoms with van der Waals surface area (Å²) in [6.45, 7) is 0. The maximum absolute atomic E-state index is 9.61. The van der Waals surface area contributed by atoms with E-state index in [9.17, 15) is 10.2 Å². The summed E-state index contributed by atoms with van der Waals surface area (Å²) in [5, 5.41) is 22.1. The van der Waals surface area contributed by atoms with Crippen molar-refractivity contribution in [2.75, 3.05) is 0 Å². The van der Waals surface area contributed by atoms with Gasteiger partial charge in [0, 0.05) is 15.5 Å². The van der Waals surface area contributed by atoms with Crippen LogP contribution in [0, 0.1) is 0 Å². The minimum atomic E-state index is 0.0688. The van der Waals surface area contributed by atoms with Crippen LogP contribution in [0.2, 0.25) is 0 Å². The van der Waals surface area contributed by atoms with E-state index in [1.807, 2.05) is 6.07 Å². The van der Waals surface area contributed by atoms with E-state index in [1.54, 1.807) is 11.4 Å². The van der Waals surface area contributed by atoms with Crippen LogP contribution >= 0.6 is 11.3 Å². The Hall–Kier alpha value is -1.68. The first-order chi connectivity index (χ1) is 6.77. The van der Waals surface area contributed by atoms with Gasteiger partial charge in [0.2, 0.25) is 0 Å². The molecule has 0 aliphatic rings. The number of fused-ring (bicyclic) bond motifs is 3. The lowest BCUT2D eigenvalue weighted by Gasteiger charge is -1.93. The molecule has 70 valence electrons. The lowest BCUT2D eigenvalue weighted by Crippen LogP contribution is -1.67. The largest absolute Gasteiger partial charge is 0.506 e. The van der Waals surface area contributed by atoms with Crippen molar-refractivity contribution in [1.29, 1.82) is 0 Å². The van der Waals surface area contributed by atoms with E-state index in [2.05, 4.69) is 0 Å². The summed E-state index contributed by atoms with van der Waals surface area (Å²) in [6, 6.07) is 3.65. The maximum atomic E-state index is 9.61. The third-order valence-corrected chi connectivity index (χ3v) is 3.17. The van der Waals surface area contributed by atoms with Gasteiger partial charge in [-0.15, -0.1) is 11.3 Å². The molecule has 0 unspecified atom stereocenters. The third kappa shape index (κ3) is 0.807. The van der Waals surface area contributed by atoms with Crippen LogP contribution in [0.5, 0.6) is 11.5 Å². The van der Waals surface area contributed by atoms with E-state index in [4.69, 9.17) is 4.42 Å². The van der Waals surface area contributed by atoms with Crippen molar-refractivity contribution in [2.45, 2.75) is 0 Å². The predicted molar refractivity (Wildman–Crippen MR) is 54.9 cm³/mol. The lowest BCUT2D eigenvalue weighted by atomic mass is 10.1. The fraction of sp³-hybridized carbons (Fsp3) is 0. The van der Waals surface area contributed by atoms with Crippen molar-refractivity contribution >= 4 is 32.4 Å². The standard InChI is InChI=1S/C10H6O3S/c11-5-3-13-7-1-2-8-10(9(5)7)6(12)4-14-8/h1-4,11-12H. The average molecular weight is 206 g/mol. The van der Waals surface area contributed by atoms with Crippen LogP contribution in [0.3, 0.4) is 0 Å². The second-order valence-corrected chi connectivity index (χ2v) is 3.96. The fourth-order valence-electron chi connectivity index (χ4n) is 1.63. The molecule has 2 aromatic heterocycles. The molecule has 0 saturated carbocycles. The number of furan rings is 1. The van der Waals surface area contributed by atoms with Gasteiger partial charge in [0.1, 0.15) is 17.6 Å². The van der Waals surface area contributed by atoms with Gasteiger partial charge < -0.3 is 14.6 Å². The maximum Gasteiger partial charge on any atom is 0.162 e. The molecule has 0 radical (unpaired) electrons. The first-order valence-electron chi connectivity index (χ1n) is 4.06. The fourth-order valence-corrected chi connectivity index (χ4v) is 2.45. The van der Waals surface area contributed by atoms with Crippen molar-refractivity contribution in [3.05, 3.63) is 23.8 Å². The van der Waals surface area contributed by atoms with Gasteiger partial charge in [0.15, 0.2) is 5.75 Å². The number of aromatic hydroxyl groups is 2. The molecule has 14 heavy (non-hydrogen) atoms. The lowest BCUT2D eigenvalue weighted by molar-refractivity contribution is 0.464. The minimum Gasteiger partial charge on any atom is -0.506 e. The van der Waals surface area contributed by atoms with Crippen LogP contribution in [0.15, 0.2) is 28.2 Å². The highest BCUT2D eigenvalue weighted by Crippen LogP contribution is 2.41. The van der Waals surface area contributed by atoms with E-state index >= 15 is 0 Å². The molecule has 0 atom stereocenters. The first-order valence-corrected chi connectivity index (χ1v) is 4.94. The molecule has 4 heteroatoms. The predicted octanol–water partition coefficient (Wildman–Crippen LogP) is 3.06. The third-order valence-electron chi connectivity index (χ3n) is 2.24. The van der Waals surface area contributed by atoms with Gasteiger partial charge in [-0.25, -0.2) is 0 Å². The topological polar surface area (TPSA) is 53.6 Å². The molecule has 0 bridgehead atoms. The van der Waals surface area contributed by atoms with E-state index in [-0.39, 0.29) is 11.5 Å². The van der Waals surface area contributed by atoms with Crippen molar-refractivity contribution in [3.63, 3.8) is 0 Å². The number of hydrogen-bond donors (Lipinski definition) is 2. The van der Waals surface area contributed by atoms with E-state index < -0.39 is 0 Å². The second-order valence-electron chi connectivity index (χ2n) is 3.05. The molecule has 0 aliphatic heterocycles. The molecule has 3 nitrogen and oxygen atoms in total. The SMILES string of the molecule is Oc1coc2ccc3scc(O)c3c12. The zero-order chi connectivity index (χ0) is 9.71. The molecule has 2 N–H and O–H groups in total.